The molecule has 0 fully saturated rings. The van der Waals surface area contributed by atoms with Crippen LogP contribution in [0.1, 0.15) is 36.6 Å². The summed E-state index contributed by atoms with van der Waals surface area (Å²) in [4.78, 5) is 35.3. The summed E-state index contributed by atoms with van der Waals surface area (Å²) in [5.41, 5.74) is 4.12. The first kappa shape index (κ1) is 14.9. The molecule has 0 saturated carbocycles. The fourth-order valence-electron chi connectivity index (χ4n) is 1.54. The lowest BCUT2D eigenvalue weighted by atomic mass is 10.2. The zero-order chi connectivity index (χ0) is 15.4. The quantitative estimate of drug-likeness (QED) is 0.674. The number of carbonyl (C=O) groups excluding carboxylic acids is 3. The molecule has 0 saturated heterocycles. The zero-order valence-corrected chi connectivity index (χ0v) is 11.8. The van der Waals surface area contributed by atoms with Crippen LogP contribution in [0.5, 0.6) is 0 Å². The van der Waals surface area contributed by atoms with Crippen molar-refractivity contribution in [3.8, 4) is 0 Å². The molecule has 7 heteroatoms. The molecular weight excluding hydrogens is 295 g/mol. The molecule has 108 valence electrons. The van der Waals surface area contributed by atoms with Gasteiger partial charge in [-0.2, -0.15) is 0 Å². The van der Waals surface area contributed by atoms with Crippen LogP contribution in [-0.2, 0) is 0 Å². The number of hydrazine groups is 1. The van der Waals surface area contributed by atoms with Crippen molar-refractivity contribution in [2.24, 2.45) is 0 Å². The Kier molecular flexibility index (Phi) is 4.44. The predicted molar refractivity (Wildman–Crippen MR) is 75.7 cm³/mol. The first-order valence-electron chi connectivity index (χ1n) is 5.95. The smallest absolute Gasteiger partial charge is 0.279 e. The van der Waals surface area contributed by atoms with Crippen LogP contribution in [0.25, 0.3) is 0 Å². The number of hydrogen-bond donors (Lipinski definition) is 2. The number of rotatable bonds is 3. The van der Waals surface area contributed by atoms with Crippen LogP contribution in [-0.4, -0.2) is 17.6 Å². The Labute approximate surface area is 123 Å². The number of benzene rings is 1. The maximum atomic E-state index is 13.4. The number of Topliss-reactive ketones (excluding diaryl/α,β-unsaturated/α-hetero) is 1. The van der Waals surface area contributed by atoms with E-state index in [0.29, 0.717) is 4.88 Å². The lowest BCUT2D eigenvalue weighted by Gasteiger charge is -2.06. The van der Waals surface area contributed by atoms with E-state index in [-0.39, 0.29) is 16.2 Å². The number of hydrogen-bond acceptors (Lipinski definition) is 4. The molecule has 0 unspecified atom stereocenters. The Morgan fingerprint density at radius 2 is 1.57 bits per heavy atom. The Hall–Kier alpha value is -2.54. The summed E-state index contributed by atoms with van der Waals surface area (Å²) in [6, 6.07) is 8.43. The van der Waals surface area contributed by atoms with Crippen molar-refractivity contribution in [1.29, 1.82) is 0 Å². The van der Waals surface area contributed by atoms with Crippen molar-refractivity contribution >= 4 is 28.9 Å². The Balaban J connectivity index is 1.99. The number of amides is 2. The maximum Gasteiger partial charge on any atom is 0.279 e. The van der Waals surface area contributed by atoms with Gasteiger partial charge in [0.15, 0.2) is 5.78 Å². The van der Waals surface area contributed by atoms with Crippen molar-refractivity contribution in [3.05, 3.63) is 57.5 Å². The molecule has 1 heterocycles. The van der Waals surface area contributed by atoms with Gasteiger partial charge in [-0.05, 0) is 31.2 Å². The first-order chi connectivity index (χ1) is 9.99. The fraction of sp³-hybridized carbons (Fsp3) is 0.0714. The van der Waals surface area contributed by atoms with E-state index in [1.807, 2.05) is 0 Å². The highest BCUT2D eigenvalue weighted by Crippen LogP contribution is 2.16. The van der Waals surface area contributed by atoms with Crippen LogP contribution < -0.4 is 10.9 Å². The molecule has 2 rings (SSSR count). The molecule has 0 atom stereocenters. The van der Waals surface area contributed by atoms with Gasteiger partial charge in [0.05, 0.1) is 15.3 Å². The molecule has 2 aromatic rings. The third-order valence-corrected chi connectivity index (χ3v) is 3.77. The van der Waals surface area contributed by atoms with Crippen molar-refractivity contribution in [1.82, 2.24) is 10.9 Å². The van der Waals surface area contributed by atoms with Gasteiger partial charge < -0.3 is 0 Å². The molecule has 1 aromatic heterocycles. The van der Waals surface area contributed by atoms with Crippen molar-refractivity contribution in [2.75, 3.05) is 0 Å². The van der Waals surface area contributed by atoms with Crippen LogP contribution in [0.15, 0.2) is 36.4 Å². The normalized spacial score (nSPS) is 10.0. The monoisotopic (exact) mass is 306 g/mol. The summed E-state index contributed by atoms with van der Waals surface area (Å²) < 4.78 is 13.4. The van der Waals surface area contributed by atoms with Crippen LogP contribution in [0.2, 0.25) is 0 Å². The summed E-state index contributed by atoms with van der Waals surface area (Å²) in [5.74, 6) is -2.16. The highest BCUT2D eigenvalue weighted by molar-refractivity contribution is 7.15. The number of thiophene rings is 1. The highest BCUT2D eigenvalue weighted by Gasteiger charge is 2.14. The van der Waals surface area contributed by atoms with Crippen LogP contribution in [0.3, 0.4) is 0 Å². The molecular formula is C14H11FN2O3S. The standard InChI is InChI=1S/C14H11FN2O3S/c1-8(18)11-6-7-12(21-11)14(20)17-16-13(19)9-4-2-3-5-10(9)15/h2-7H,1H3,(H,16,19)(H,17,20). The van der Waals surface area contributed by atoms with Gasteiger partial charge in [-0.15, -0.1) is 11.3 Å². The molecule has 0 aliphatic carbocycles. The number of nitrogens with one attached hydrogen (secondary N) is 2. The summed E-state index contributed by atoms with van der Waals surface area (Å²) in [7, 11) is 0. The topological polar surface area (TPSA) is 75.3 Å². The van der Waals surface area contributed by atoms with Crippen molar-refractivity contribution in [2.45, 2.75) is 6.92 Å². The minimum atomic E-state index is -0.759. The second-order valence-corrected chi connectivity index (χ2v) is 5.19. The third-order valence-electron chi connectivity index (χ3n) is 2.58. The maximum absolute atomic E-state index is 13.4. The minimum Gasteiger partial charge on any atom is -0.294 e. The van der Waals surface area contributed by atoms with Crippen LogP contribution >= 0.6 is 11.3 Å². The van der Waals surface area contributed by atoms with Gasteiger partial charge in [0.1, 0.15) is 5.82 Å². The second kappa shape index (κ2) is 6.27. The van der Waals surface area contributed by atoms with Gasteiger partial charge in [-0.3, -0.25) is 25.2 Å². The van der Waals surface area contributed by atoms with E-state index < -0.39 is 17.6 Å². The average Bonchev–Trinajstić information content (AvgIpc) is 2.95. The predicted octanol–water partition coefficient (Wildman–Crippen LogP) is 2.16. The minimum absolute atomic E-state index is 0.144. The summed E-state index contributed by atoms with van der Waals surface area (Å²) in [5, 5.41) is 0. The first-order valence-corrected chi connectivity index (χ1v) is 6.76. The number of ketones is 1. The van der Waals surface area contributed by atoms with Crippen molar-refractivity contribution < 1.29 is 18.8 Å². The van der Waals surface area contributed by atoms with Gasteiger partial charge >= 0.3 is 0 Å². The second-order valence-electron chi connectivity index (χ2n) is 4.11. The summed E-state index contributed by atoms with van der Waals surface area (Å²) >= 11 is 1.01. The lowest BCUT2D eigenvalue weighted by Crippen LogP contribution is -2.41. The van der Waals surface area contributed by atoms with E-state index in [9.17, 15) is 18.8 Å². The highest BCUT2D eigenvalue weighted by atomic mass is 32.1. The largest absolute Gasteiger partial charge is 0.294 e. The molecule has 21 heavy (non-hydrogen) atoms. The van der Waals surface area contributed by atoms with Gasteiger partial charge in [0.2, 0.25) is 0 Å². The van der Waals surface area contributed by atoms with E-state index >= 15 is 0 Å². The van der Waals surface area contributed by atoms with Crippen LogP contribution in [0.4, 0.5) is 4.39 Å². The van der Waals surface area contributed by atoms with E-state index in [1.165, 1.54) is 37.3 Å². The molecule has 2 N–H and O–H groups in total. The lowest BCUT2D eigenvalue weighted by molar-refractivity contribution is 0.0846. The Bertz CT molecular complexity index is 712. The van der Waals surface area contributed by atoms with Gasteiger partial charge in [-0.25, -0.2) is 4.39 Å². The fourth-order valence-corrected chi connectivity index (χ4v) is 2.33. The summed E-state index contributed by atoms with van der Waals surface area (Å²) in [6.45, 7) is 1.40. The Morgan fingerprint density at radius 3 is 2.19 bits per heavy atom. The molecule has 0 aliphatic rings. The van der Waals surface area contributed by atoms with Gasteiger partial charge in [0, 0.05) is 0 Å². The molecule has 0 bridgehead atoms. The van der Waals surface area contributed by atoms with Crippen LogP contribution in [0, 0.1) is 5.82 Å². The van der Waals surface area contributed by atoms with E-state index in [0.717, 1.165) is 17.4 Å². The average molecular weight is 306 g/mol. The molecule has 0 radical (unpaired) electrons. The molecule has 0 aliphatic heterocycles. The Morgan fingerprint density at radius 1 is 0.952 bits per heavy atom. The van der Waals surface area contributed by atoms with E-state index in [4.69, 9.17) is 0 Å². The van der Waals surface area contributed by atoms with Gasteiger partial charge in [-0.1, -0.05) is 12.1 Å². The molecule has 1 aromatic carbocycles. The molecule has 0 spiro atoms. The number of carbonyl (C=O) groups is 3. The van der Waals surface area contributed by atoms with E-state index in [1.54, 1.807) is 0 Å². The molecule has 2 amide bonds. The SMILES string of the molecule is CC(=O)c1ccc(C(=O)NNC(=O)c2ccccc2F)s1. The summed E-state index contributed by atoms with van der Waals surface area (Å²) in [6.07, 6.45) is 0. The van der Waals surface area contributed by atoms with E-state index in [2.05, 4.69) is 10.9 Å². The number of halogens is 1. The van der Waals surface area contributed by atoms with Gasteiger partial charge in [0.25, 0.3) is 11.8 Å². The molecule has 5 nitrogen and oxygen atoms in total. The van der Waals surface area contributed by atoms with Crippen molar-refractivity contribution in [3.63, 3.8) is 0 Å². The third kappa shape index (κ3) is 3.51. The zero-order valence-electron chi connectivity index (χ0n) is 11.0.